The van der Waals surface area contributed by atoms with E-state index in [2.05, 4.69) is 202 Å². The third-order valence-electron chi connectivity index (χ3n) is 10.6. The van der Waals surface area contributed by atoms with E-state index in [1.54, 1.807) is 27.4 Å². The summed E-state index contributed by atoms with van der Waals surface area (Å²) in [4.78, 5) is 0. The third kappa shape index (κ3) is 14.1. The molecule has 0 aromatic heterocycles. The van der Waals surface area contributed by atoms with Gasteiger partial charge in [0.2, 0.25) is 0 Å². The Bertz CT molecular complexity index is 1990. The van der Waals surface area contributed by atoms with Crippen molar-refractivity contribution in [1.29, 1.82) is 0 Å². The van der Waals surface area contributed by atoms with Gasteiger partial charge in [-0.25, -0.2) is 12.2 Å². The van der Waals surface area contributed by atoms with Crippen LogP contribution in [0, 0.1) is 17.9 Å². The first kappa shape index (κ1) is 51.7. The van der Waals surface area contributed by atoms with E-state index < -0.39 is 0 Å². The Labute approximate surface area is 382 Å². The standard InChI is InChI=1S/C41H49.C9H18.C5H5.2ClH.Zr/c1-38(2,3)30-17-13-26(14-18-30)34-22-28-21-29-23-35(27-15-19-31(20-16-27)39(4,5)6)37(41(10,11)12)25-33(29)32(28)24-36(34)40(7,8)9;1-8(2)6-5-7-9(3)4;1-2-4-5-3-1;;;/h13-25H,1-12H3;8-9H,6-7H2,1-4H3;1-3H,4H2;2*1H;/q-1;;-1;;;+2/p-2. The normalized spacial score (nSPS) is 12.9. The van der Waals surface area contributed by atoms with E-state index in [1.165, 1.54) is 78.9 Å². The predicted molar refractivity (Wildman–Crippen MR) is 248 cm³/mol. The molecule has 0 fully saturated rings. The zero-order valence-electron chi connectivity index (χ0n) is 38.8. The van der Waals surface area contributed by atoms with Crippen molar-refractivity contribution in [2.75, 3.05) is 0 Å². The zero-order valence-corrected chi connectivity index (χ0v) is 42.7. The average molecular weight is 895 g/mol. The Balaban J connectivity index is 0.000000576. The molecule has 1 aliphatic carbocycles. The number of hydrogen-bond acceptors (Lipinski definition) is 0. The Kier molecular flexibility index (Phi) is 18.6. The van der Waals surface area contributed by atoms with E-state index in [0.29, 0.717) is 0 Å². The van der Waals surface area contributed by atoms with Gasteiger partial charge >= 0.3 is 79.8 Å². The molecular weight excluding hydrogens is 823 g/mol. The van der Waals surface area contributed by atoms with Gasteiger partial charge in [-0.3, -0.25) is 6.08 Å². The molecule has 0 saturated heterocycles. The molecule has 0 atom stereocenters. The van der Waals surface area contributed by atoms with Crippen LogP contribution in [0.4, 0.5) is 0 Å². The van der Waals surface area contributed by atoms with Gasteiger partial charge in [-0.05, 0) is 66.2 Å². The van der Waals surface area contributed by atoms with Gasteiger partial charge in [0.25, 0.3) is 0 Å². The molecule has 5 aromatic rings. The molecule has 0 amide bonds. The van der Waals surface area contributed by atoms with Gasteiger partial charge in [0.05, 0.1) is 0 Å². The summed E-state index contributed by atoms with van der Waals surface area (Å²) in [5.74, 6) is 1.71. The largest absolute Gasteiger partial charge is 1.00 e. The first-order valence-electron chi connectivity index (χ1n) is 21.1. The van der Waals surface area contributed by atoms with E-state index in [-0.39, 0.29) is 46.5 Å². The number of rotatable bonds is 6. The van der Waals surface area contributed by atoms with Crippen LogP contribution in [0.1, 0.15) is 152 Å². The Morgan fingerprint density at radius 1 is 0.569 bits per heavy atom. The molecule has 0 nitrogen and oxygen atoms in total. The Morgan fingerprint density at radius 2 is 0.931 bits per heavy atom. The molecule has 0 N–H and O–H groups in total. The van der Waals surface area contributed by atoms with Gasteiger partial charge in [0, 0.05) is 0 Å². The van der Waals surface area contributed by atoms with Crippen LogP contribution in [-0.4, -0.2) is 3.21 Å². The van der Waals surface area contributed by atoms with Gasteiger partial charge < -0.3 is 24.8 Å². The SMILES string of the molecule is CC(C)(C)c1ccc(-c2cc3[cH-]c4cc(-c5ccc(C(C)(C)C)cc5)c(C(C)(C)C)cc4c3cc2C(C)(C)C)cc1.CC(C)C[C](=[Zr+2])CC(C)C.[C-]1=CC=CC1.[Cl-].[Cl-]. The fourth-order valence-corrected chi connectivity index (χ4v) is 9.54. The first-order valence-corrected chi connectivity index (χ1v) is 22.3. The maximum absolute atomic E-state index is 2.99. The van der Waals surface area contributed by atoms with Crippen LogP contribution < -0.4 is 24.8 Å². The van der Waals surface area contributed by atoms with Crippen LogP contribution in [0.25, 0.3) is 43.8 Å². The third-order valence-corrected chi connectivity index (χ3v) is 11.6. The molecule has 0 saturated carbocycles. The summed E-state index contributed by atoms with van der Waals surface area (Å²) in [5.41, 5.74) is 11.2. The quantitative estimate of drug-likeness (QED) is 0.149. The summed E-state index contributed by atoms with van der Waals surface area (Å²) >= 11 is 1.65. The van der Waals surface area contributed by atoms with Crippen molar-refractivity contribution in [2.24, 2.45) is 11.8 Å². The van der Waals surface area contributed by atoms with E-state index in [9.17, 15) is 0 Å². The fourth-order valence-electron chi connectivity index (χ4n) is 7.53. The molecule has 6 rings (SSSR count). The molecule has 3 heteroatoms. The van der Waals surface area contributed by atoms with Gasteiger partial charge in [-0.1, -0.05) is 144 Å². The van der Waals surface area contributed by atoms with Crippen molar-refractivity contribution in [3.63, 3.8) is 0 Å². The van der Waals surface area contributed by atoms with Gasteiger partial charge in [-0.2, -0.15) is 6.08 Å². The number of fused-ring (bicyclic) bond motifs is 3. The fraction of sp³-hybridized carbons (Fsp3) is 0.455. The van der Waals surface area contributed by atoms with E-state index in [4.69, 9.17) is 0 Å². The minimum Gasteiger partial charge on any atom is -1.00 e. The monoisotopic (exact) mass is 892 g/mol. The summed E-state index contributed by atoms with van der Waals surface area (Å²) in [6, 6.07) is 30.7. The van der Waals surface area contributed by atoms with Crippen molar-refractivity contribution in [3.05, 3.63) is 125 Å². The van der Waals surface area contributed by atoms with Crippen LogP contribution in [0.15, 0.2) is 97.1 Å². The molecule has 0 spiro atoms. The summed E-state index contributed by atoms with van der Waals surface area (Å²) in [6.07, 6.45) is 12.7. The van der Waals surface area contributed by atoms with Crippen molar-refractivity contribution in [2.45, 2.75) is 152 Å². The van der Waals surface area contributed by atoms with Crippen molar-refractivity contribution < 1.29 is 49.0 Å². The van der Waals surface area contributed by atoms with Gasteiger partial charge in [0.15, 0.2) is 0 Å². The summed E-state index contributed by atoms with van der Waals surface area (Å²) in [7, 11) is 0. The van der Waals surface area contributed by atoms with Gasteiger partial charge in [-0.15, -0.1) is 46.2 Å². The Hall–Kier alpha value is -2.44. The van der Waals surface area contributed by atoms with Crippen molar-refractivity contribution >= 4 is 24.8 Å². The molecule has 0 heterocycles. The molecular formula is C55H72Cl2Zr-2. The van der Waals surface area contributed by atoms with Gasteiger partial charge in [0.1, 0.15) is 0 Å². The second-order valence-corrected chi connectivity index (χ2v) is 22.8. The first-order chi connectivity index (χ1) is 25.9. The second-order valence-electron chi connectivity index (χ2n) is 21.1. The number of halogens is 2. The molecule has 0 aliphatic heterocycles. The molecule has 58 heavy (non-hydrogen) atoms. The number of benzene rings is 4. The Morgan fingerprint density at radius 3 is 1.17 bits per heavy atom. The van der Waals surface area contributed by atoms with E-state index >= 15 is 0 Å². The van der Waals surface area contributed by atoms with Crippen LogP contribution >= 0.6 is 0 Å². The molecule has 5 aromatic carbocycles. The maximum atomic E-state index is 2.99. The van der Waals surface area contributed by atoms with Crippen LogP contribution in [-0.2, 0) is 45.9 Å². The van der Waals surface area contributed by atoms with Crippen LogP contribution in [0.2, 0.25) is 0 Å². The van der Waals surface area contributed by atoms with Crippen molar-refractivity contribution in [3.8, 4) is 22.3 Å². The molecule has 1 aliphatic rings. The van der Waals surface area contributed by atoms with Crippen LogP contribution in [0.3, 0.4) is 0 Å². The summed E-state index contributed by atoms with van der Waals surface area (Å²) in [6.45, 7) is 36.9. The predicted octanol–water partition coefficient (Wildman–Crippen LogP) is 10.3. The number of hydrogen-bond donors (Lipinski definition) is 0. The van der Waals surface area contributed by atoms with Crippen LogP contribution in [0.5, 0.6) is 0 Å². The number of allylic oxidation sites excluding steroid dienone is 4. The van der Waals surface area contributed by atoms with E-state index in [0.717, 1.165) is 18.3 Å². The summed E-state index contributed by atoms with van der Waals surface area (Å²) < 4.78 is 1.75. The second kappa shape index (κ2) is 20.9. The van der Waals surface area contributed by atoms with E-state index in [1.807, 2.05) is 12.2 Å². The average Bonchev–Trinajstić information content (AvgIpc) is 3.77. The molecule has 0 unspecified atom stereocenters. The topological polar surface area (TPSA) is 0 Å². The molecule has 0 bridgehead atoms. The molecule has 312 valence electrons. The van der Waals surface area contributed by atoms with Crippen molar-refractivity contribution in [1.82, 2.24) is 0 Å². The smallest absolute Gasteiger partial charge is 0.109 e. The summed E-state index contributed by atoms with van der Waals surface area (Å²) in [5, 5.41) is 5.37. The minimum absolute atomic E-state index is 0. The zero-order chi connectivity index (χ0) is 41.8. The minimum atomic E-state index is 0. The maximum Gasteiger partial charge on any atom is -0.109 e. The molecule has 0 radical (unpaired) electrons.